The minimum absolute atomic E-state index is 0.0922. The molecule has 0 fully saturated rings. The lowest BCUT2D eigenvalue weighted by atomic mass is 9.98. The smallest absolute Gasteiger partial charge is 0.252 e. The third-order valence-corrected chi connectivity index (χ3v) is 6.52. The van der Waals surface area contributed by atoms with Crippen LogP contribution in [0.4, 0.5) is 5.13 Å². The van der Waals surface area contributed by atoms with Crippen LogP contribution in [0.1, 0.15) is 30.6 Å². The molecule has 2 heterocycles. The molecule has 3 aromatic rings. The summed E-state index contributed by atoms with van der Waals surface area (Å²) in [6.45, 7) is 4.01. The van der Waals surface area contributed by atoms with Gasteiger partial charge in [-0.15, -0.1) is 10.2 Å². The monoisotopic (exact) mass is 516 g/mol. The zero-order valence-corrected chi connectivity index (χ0v) is 19.8. The van der Waals surface area contributed by atoms with Crippen molar-refractivity contribution >= 4 is 44.2 Å². The molecule has 2 amide bonds. The van der Waals surface area contributed by atoms with Gasteiger partial charge in [-0.2, -0.15) is 0 Å². The van der Waals surface area contributed by atoms with E-state index >= 15 is 0 Å². The molecule has 4 rings (SSSR count). The Morgan fingerprint density at radius 3 is 2.75 bits per heavy atom. The van der Waals surface area contributed by atoms with Gasteiger partial charge in [0.2, 0.25) is 17.8 Å². The van der Waals surface area contributed by atoms with E-state index in [1.165, 1.54) is 11.3 Å². The number of aromatic nitrogens is 2. The summed E-state index contributed by atoms with van der Waals surface area (Å²) in [4.78, 5) is 25.9. The van der Waals surface area contributed by atoms with Crippen molar-refractivity contribution in [2.45, 2.75) is 26.3 Å². The topological polar surface area (TPSA) is 102 Å². The van der Waals surface area contributed by atoms with E-state index in [4.69, 9.17) is 9.47 Å². The Hall–Kier alpha value is -2.98. The second kappa shape index (κ2) is 9.66. The summed E-state index contributed by atoms with van der Waals surface area (Å²) in [5, 5.41) is 14.9. The van der Waals surface area contributed by atoms with Crippen LogP contribution in [0.2, 0.25) is 0 Å². The largest absolute Gasteiger partial charge is 0.454 e. The molecule has 2 aromatic carbocycles. The Labute approximate surface area is 197 Å². The fourth-order valence-electron chi connectivity index (χ4n) is 3.16. The molecular weight excluding hydrogens is 496 g/mol. The highest BCUT2D eigenvalue weighted by Crippen LogP contribution is 2.32. The van der Waals surface area contributed by atoms with Crippen molar-refractivity contribution < 1.29 is 19.1 Å². The van der Waals surface area contributed by atoms with Crippen LogP contribution in [0.15, 0.2) is 46.9 Å². The zero-order chi connectivity index (χ0) is 22.7. The summed E-state index contributed by atoms with van der Waals surface area (Å²) >= 11 is 4.71. The van der Waals surface area contributed by atoms with E-state index in [0.717, 1.165) is 10.0 Å². The molecular formula is C22H21BrN4O4S. The van der Waals surface area contributed by atoms with Gasteiger partial charge in [0.25, 0.3) is 5.91 Å². The number of rotatable bonds is 7. The van der Waals surface area contributed by atoms with E-state index in [9.17, 15) is 9.59 Å². The standard InChI is InChI=1S/C22H21BrN4O4S/c1-3-12(2)18(24-19(28)13-7-8-16-17(10-13)31-11-30-16)20(29)25-22-27-26-21(32-22)14-5-4-6-15(23)9-14/h4-10,12,18H,3,11H2,1-2H3,(H,24,28)(H,25,27,29)/t12-,18+/m1/s1. The molecule has 166 valence electrons. The summed E-state index contributed by atoms with van der Waals surface area (Å²) in [5.74, 6) is 0.304. The lowest BCUT2D eigenvalue weighted by molar-refractivity contribution is -0.119. The molecule has 32 heavy (non-hydrogen) atoms. The van der Waals surface area contributed by atoms with Gasteiger partial charge < -0.3 is 14.8 Å². The van der Waals surface area contributed by atoms with Crippen molar-refractivity contribution in [3.05, 3.63) is 52.5 Å². The van der Waals surface area contributed by atoms with Crippen LogP contribution in [0.25, 0.3) is 10.6 Å². The quantitative estimate of drug-likeness (QED) is 0.479. The number of hydrogen-bond acceptors (Lipinski definition) is 7. The number of ether oxygens (including phenoxy) is 2. The van der Waals surface area contributed by atoms with Gasteiger partial charge >= 0.3 is 0 Å². The highest BCUT2D eigenvalue weighted by molar-refractivity contribution is 9.10. The second-order valence-corrected chi connectivity index (χ2v) is 9.21. The highest BCUT2D eigenvalue weighted by atomic mass is 79.9. The first-order valence-corrected chi connectivity index (χ1v) is 11.7. The van der Waals surface area contributed by atoms with Crippen LogP contribution in [0, 0.1) is 5.92 Å². The molecule has 2 atom stereocenters. The van der Waals surface area contributed by atoms with E-state index < -0.39 is 6.04 Å². The molecule has 0 bridgehead atoms. The number of amides is 2. The first-order valence-electron chi connectivity index (χ1n) is 10.1. The van der Waals surface area contributed by atoms with E-state index in [2.05, 4.69) is 36.8 Å². The first kappa shape index (κ1) is 22.2. The number of benzene rings is 2. The third kappa shape index (κ3) is 4.91. The molecule has 8 nitrogen and oxygen atoms in total. The number of hydrogen-bond donors (Lipinski definition) is 2. The molecule has 10 heteroatoms. The Morgan fingerprint density at radius 2 is 1.97 bits per heavy atom. The van der Waals surface area contributed by atoms with Crippen LogP contribution in [-0.4, -0.2) is 34.8 Å². The highest BCUT2D eigenvalue weighted by Gasteiger charge is 2.28. The number of halogens is 1. The molecule has 1 aromatic heterocycles. The number of anilines is 1. The van der Waals surface area contributed by atoms with E-state index in [1.54, 1.807) is 18.2 Å². The lowest BCUT2D eigenvalue weighted by Gasteiger charge is -2.23. The van der Waals surface area contributed by atoms with Crippen molar-refractivity contribution in [3.8, 4) is 22.1 Å². The predicted molar refractivity (Wildman–Crippen MR) is 125 cm³/mol. The van der Waals surface area contributed by atoms with Gasteiger partial charge in [-0.25, -0.2) is 0 Å². The molecule has 0 saturated carbocycles. The zero-order valence-electron chi connectivity index (χ0n) is 17.4. The van der Waals surface area contributed by atoms with Gasteiger partial charge in [0.15, 0.2) is 11.5 Å². The number of nitrogens with zero attached hydrogens (tertiary/aromatic N) is 2. The minimum atomic E-state index is -0.740. The van der Waals surface area contributed by atoms with Crippen LogP contribution in [0.5, 0.6) is 11.5 Å². The summed E-state index contributed by atoms with van der Waals surface area (Å²) in [5.41, 5.74) is 1.29. The maximum absolute atomic E-state index is 13.0. The molecule has 0 unspecified atom stereocenters. The molecule has 0 spiro atoms. The van der Waals surface area contributed by atoms with Gasteiger partial charge in [-0.05, 0) is 36.2 Å². The van der Waals surface area contributed by atoms with E-state index in [1.807, 2.05) is 38.1 Å². The van der Waals surface area contributed by atoms with E-state index in [-0.39, 0.29) is 24.5 Å². The third-order valence-electron chi connectivity index (χ3n) is 5.14. The average Bonchev–Trinajstić information content (AvgIpc) is 3.45. The average molecular weight is 517 g/mol. The van der Waals surface area contributed by atoms with Gasteiger partial charge in [0.05, 0.1) is 0 Å². The normalized spacial score (nSPS) is 14.0. The Kier molecular flexibility index (Phi) is 6.71. The van der Waals surface area contributed by atoms with Crippen molar-refractivity contribution in [3.63, 3.8) is 0 Å². The van der Waals surface area contributed by atoms with Gasteiger partial charge in [0, 0.05) is 15.6 Å². The fraction of sp³-hybridized carbons (Fsp3) is 0.273. The lowest BCUT2D eigenvalue weighted by Crippen LogP contribution is -2.47. The van der Waals surface area contributed by atoms with Crippen molar-refractivity contribution in [1.29, 1.82) is 0 Å². The van der Waals surface area contributed by atoms with Gasteiger partial charge in [-0.3, -0.25) is 14.9 Å². The number of nitrogens with one attached hydrogen (secondary N) is 2. The summed E-state index contributed by atoms with van der Waals surface area (Å²) < 4.78 is 11.5. The van der Waals surface area contributed by atoms with Crippen LogP contribution < -0.4 is 20.1 Å². The molecule has 1 aliphatic rings. The molecule has 0 aliphatic carbocycles. The minimum Gasteiger partial charge on any atom is -0.454 e. The molecule has 1 aliphatic heterocycles. The van der Waals surface area contributed by atoms with Crippen LogP contribution in [-0.2, 0) is 4.79 Å². The Bertz CT molecular complexity index is 1150. The maximum atomic E-state index is 13.0. The molecule has 0 radical (unpaired) electrons. The predicted octanol–water partition coefficient (Wildman–Crippen LogP) is 4.48. The van der Waals surface area contributed by atoms with Crippen LogP contribution in [0.3, 0.4) is 0 Å². The maximum Gasteiger partial charge on any atom is 0.252 e. The van der Waals surface area contributed by atoms with Crippen molar-refractivity contribution in [1.82, 2.24) is 15.5 Å². The van der Waals surface area contributed by atoms with E-state index in [0.29, 0.717) is 33.6 Å². The van der Waals surface area contributed by atoms with Crippen molar-refractivity contribution in [2.75, 3.05) is 12.1 Å². The molecule has 0 saturated heterocycles. The first-order chi connectivity index (χ1) is 15.4. The molecule has 2 N–H and O–H groups in total. The number of fused-ring (bicyclic) bond motifs is 1. The van der Waals surface area contributed by atoms with Crippen molar-refractivity contribution in [2.24, 2.45) is 5.92 Å². The Morgan fingerprint density at radius 1 is 1.16 bits per heavy atom. The van der Waals surface area contributed by atoms with Gasteiger partial charge in [0.1, 0.15) is 11.0 Å². The second-order valence-electron chi connectivity index (χ2n) is 7.32. The summed E-state index contributed by atoms with van der Waals surface area (Å²) in [7, 11) is 0. The number of carbonyl (C=O) groups is 2. The summed E-state index contributed by atoms with van der Waals surface area (Å²) in [6, 6.07) is 11.9. The van der Waals surface area contributed by atoms with Gasteiger partial charge in [-0.1, -0.05) is 59.7 Å². The summed E-state index contributed by atoms with van der Waals surface area (Å²) in [6.07, 6.45) is 0.707. The Balaban J connectivity index is 1.47. The SMILES string of the molecule is CC[C@@H](C)[C@H](NC(=O)c1ccc2c(c1)OCO2)C(=O)Nc1nnc(-c2cccc(Br)c2)s1. The van der Waals surface area contributed by atoms with Crippen LogP contribution >= 0.6 is 27.3 Å². The fourth-order valence-corrected chi connectivity index (χ4v) is 4.30. The number of carbonyl (C=O) groups excluding carboxylic acids is 2.